The number of rotatable bonds is 1. The van der Waals surface area contributed by atoms with Crippen molar-refractivity contribution >= 4 is 33.1 Å². The third-order valence-corrected chi connectivity index (χ3v) is 4.68. The number of amides is 1. The molecule has 1 aliphatic rings. The van der Waals surface area contributed by atoms with Gasteiger partial charge in [0.1, 0.15) is 9.71 Å². The Morgan fingerprint density at radius 3 is 2.70 bits per heavy atom. The fourth-order valence-corrected chi connectivity index (χ4v) is 3.55. The SMILES string of the molecule is Cc1ccnc2sc(C(=O)N3CC(O)C(O)C3)c(N)c12. The van der Waals surface area contributed by atoms with Crippen LogP contribution in [0.2, 0.25) is 0 Å². The van der Waals surface area contributed by atoms with Crippen molar-refractivity contribution < 1.29 is 15.0 Å². The molecule has 1 amide bonds. The van der Waals surface area contributed by atoms with Gasteiger partial charge in [0.2, 0.25) is 0 Å². The van der Waals surface area contributed by atoms with E-state index in [1.807, 2.05) is 13.0 Å². The van der Waals surface area contributed by atoms with Gasteiger partial charge in [-0.2, -0.15) is 0 Å². The molecular weight excluding hydrogens is 278 g/mol. The van der Waals surface area contributed by atoms with Crippen LogP contribution in [-0.2, 0) is 0 Å². The molecule has 0 aliphatic carbocycles. The van der Waals surface area contributed by atoms with Crippen molar-refractivity contribution in [3.8, 4) is 0 Å². The maximum absolute atomic E-state index is 12.4. The highest BCUT2D eigenvalue weighted by Gasteiger charge is 2.34. The molecule has 0 radical (unpaired) electrons. The molecule has 1 saturated heterocycles. The summed E-state index contributed by atoms with van der Waals surface area (Å²) in [6, 6.07) is 1.85. The molecular formula is C13H15N3O3S. The van der Waals surface area contributed by atoms with E-state index in [9.17, 15) is 15.0 Å². The van der Waals surface area contributed by atoms with Crippen molar-refractivity contribution in [2.75, 3.05) is 18.8 Å². The van der Waals surface area contributed by atoms with Gasteiger partial charge < -0.3 is 20.8 Å². The van der Waals surface area contributed by atoms with E-state index >= 15 is 0 Å². The topological polar surface area (TPSA) is 99.7 Å². The van der Waals surface area contributed by atoms with Crippen molar-refractivity contribution in [2.24, 2.45) is 0 Å². The Labute approximate surface area is 119 Å². The highest BCUT2D eigenvalue weighted by molar-refractivity contribution is 7.21. The number of β-amino-alcohol motifs (C(OH)–C–C–N with tert-alkyl or cyclic N) is 2. The van der Waals surface area contributed by atoms with Crippen molar-refractivity contribution in [2.45, 2.75) is 19.1 Å². The number of hydrogen-bond acceptors (Lipinski definition) is 6. The fraction of sp³-hybridized carbons (Fsp3) is 0.385. The Morgan fingerprint density at radius 1 is 1.45 bits per heavy atom. The van der Waals surface area contributed by atoms with Crippen molar-refractivity contribution in [1.29, 1.82) is 0 Å². The number of aliphatic hydroxyl groups is 2. The van der Waals surface area contributed by atoms with E-state index < -0.39 is 12.2 Å². The van der Waals surface area contributed by atoms with E-state index in [-0.39, 0.29) is 19.0 Å². The first-order chi connectivity index (χ1) is 9.49. The Hall–Kier alpha value is -1.70. The number of fused-ring (bicyclic) bond motifs is 1. The number of anilines is 1. The summed E-state index contributed by atoms with van der Waals surface area (Å²) in [7, 11) is 0. The first-order valence-corrected chi connectivity index (χ1v) is 7.09. The van der Waals surface area contributed by atoms with E-state index in [0.29, 0.717) is 10.6 Å². The molecule has 0 spiro atoms. The van der Waals surface area contributed by atoms with Crippen molar-refractivity contribution in [3.63, 3.8) is 0 Å². The maximum atomic E-state index is 12.4. The van der Waals surface area contributed by atoms with Gasteiger partial charge in [0.15, 0.2) is 0 Å². The smallest absolute Gasteiger partial charge is 0.266 e. The lowest BCUT2D eigenvalue weighted by Crippen LogP contribution is -2.29. The number of nitrogens with two attached hydrogens (primary N) is 1. The number of aromatic nitrogens is 1. The van der Waals surface area contributed by atoms with Crippen LogP contribution in [0.4, 0.5) is 5.69 Å². The average Bonchev–Trinajstić information content (AvgIpc) is 2.91. The summed E-state index contributed by atoms with van der Waals surface area (Å²) in [5.41, 5.74) is 7.48. The molecule has 3 heterocycles. The lowest BCUT2D eigenvalue weighted by molar-refractivity contribution is 0.0572. The molecule has 7 heteroatoms. The van der Waals surface area contributed by atoms with E-state index in [1.54, 1.807) is 6.20 Å². The van der Waals surface area contributed by atoms with Gasteiger partial charge in [-0.15, -0.1) is 11.3 Å². The molecule has 106 valence electrons. The number of carbonyl (C=O) groups excluding carboxylic acids is 1. The summed E-state index contributed by atoms with van der Waals surface area (Å²) in [6.07, 6.45) is -0.102. The van der Waals surface area contributed by atoms with E-state index in [1.165, 1.54) is 16.2 Å². The molecule has 0 bridgehead atoms. The number of pyridine rings is 1. The minimum atomic E-state index is -0.894. The van der Waals surface area contributed by atoms with Crippen molar-refractivity contribution in [1.82, 2.24) is 9.88 Å². The summed E-state index contributed by atoms with van der Waals surface area (Å²) in [4.78, 5) is 19.2. The van der Waals surface area contributed by atoms with E-state index in [0.717, 1.165) is 15.8 Å². The second kappa shape index (κ2) is 4.69. The van der Waals surface area contributed by atoms with Crippen LogP contribution in [0, 0.1) is 6.92 Å². The monoisotopic (exact) mass is 293 g/mol. The first-order valence-electron chi connectivity index (χ1n) is 6.28. The third-order valence-electron chi connectivity index (χ3n) is 3.58. The number of carbonyl (C=O) groups is 1. The number of nitrogen functional groups attached to an aromatic ring is 1. The number of aryl methyl sites for hydroxylation is 1. The molecule has 4 N–H and O–H groups in total. The largest absolute Gasteiger partial charge is 0.397 e. The minimum Gasteiger partial charge on any atom is -0.397 e. The molecule has 2 unspecified atom stereocenters. The quantitative estimate of drug-likeness (QED) is 0.705. The minimum absolute atomic E-state index is 0.125. The van der Waals surface area contributed by atoms with Crippen LogP contribution in [0.5, 0.6) is 0 Å². The third kappa shape index (κ3) is 1.94. The number of hydrogen-bond donors (Lipinski definition) is 3. The van der Waals surface area contributed by atoms with Crippen LogP contribution < -0.4 is 5.73 Å². The molecule has 2 atom stereocenters. The normalized spacial score (nSPS) is 22.6. The van der Waals surface area contributed by atoms with Crippen LogP contribution in [0.15, 0.2) is 12.3 Å². The van der Waals surface area contributed by atoms with E-state index in [4.69, 9.17) is 5.73 Å². The first kappa shape index (κ1) is 13.3. The van der Waals surface area contributed by atoms with Gasteiger partial charge in [-0.25, -0.2) is 4.98 Å². The zero-order valence-corrected chi connectivity index (χ0v) is 11.7. The zero-order valence-electron chi connectivity index (χ0n) is 10.9. The molecule has 1 fully saturated rings. The predicted molar refractivity (Wildman–Crippen MR) is 76.7 cm³/mol. The highest BCUT2D eigenvalue weighted by Crippen LogP contribution is 2.35. The van der Waals surface area contributed by atoms with Gasteiger partial charge >= 0.3 is 0 Å². The van der Waals surface area contributed by atoms with Crippen LogP contribution >= 0.6 is 11.3 Å². The van der Waals surface area contributed by atoms with Gasteiger partial charge in [-0.3, -0.25) is 4.79 Å². The van der Waals surface area contributed by atoms with Crippen LogP contribution in [0.25, 0.3) is 10.2 Å². The molecule has 2 aromatic rings. The molecule has 0 saturated carbocycles. The molecule has 6 nitrogen and oxygen atoms in total. The molecule has 2 aromatic heterocycles. The lowest BCUT2D eigenvalue weighted by Gasteiger charge is -2.14. The summed E-state index contributed by atoms with van der Waals surface area (Å²) in [5.74, 6) is -0.263. The molecule has 0 aromatic carbocycles. The summed E-state index contributed by atoms with van der Waals surface area (Å²) in [6.45, 7) is 2.17. The summed E-state index contributed by atoms with van der Waals surface area (Å²) in [5, 5.41) is 19.9. The molecule has 3 rings (SSSR count). The van der Waals surface area contributed by atoms with Crippen molar-refractivity contribution in [3.05, 3.63) is 22.7 Å². The van der Waals surface area contributed by atoms with Gasteiger partial charge in [0, 0.05) is 24.7 Å². The number of likely N-dealkylation sites (tertiary alicyclic amines) is 1. The Morgan fingerprint density at radius 2 is 2.10 bits per heavy atom. The molecule has 20 heavy (non-hydrogen) atoms. The molecule has 1 aliphatic heterocycles. The van der Waals surface area contributed by atoms with Gasteiger partial charge in [0.05, 0.1) is 17.9 Å². The Kier molecular flexibility index (Phi) is 3.12. The predicted octanol–water partition coefficient (Wildman–Crippen LogP) is 0.365. The zero-order chi connectivity index (χ0) is 14.4. The van der Waals surface area contributed by atoms with Crippen LogP contribution in [0.3, 0.4) is 0 Å². The maximum Gasteiger partial charge on any atom is 0.266 e. The van der Waals surface area contributed by atoms with Crippen LogP contribution in [-0.4, -0.2) is 51.3 Å². The van der Waals surface area contributed by atoms with E-state index in [2.05, 4.69) is 4.98 Å². The van der Waals surface area contributed by atoms with Gasteiger partial charge in [-0.1, -0.05) is 0 Å². The Balaban J connectivity index is 2.01. The van der Waals surface area contributed by atoms with Gasteiger partial charge in [-0.05, 0) is 18.6 Å². The van der Waals surface area contributed by atoms with Crippen LogP contribution in [0.1, 0.15) is 15.2 Å². The fourth-order valence-electron chi connectivity index (χ4n) is 2.44. The lowest BCUT2D eigenvalue weighted by atomic mass is 10.1. The van der Waals surface area contributed by atoms with Gasteiger partial charge in [0.25, 0.3) is 5.91 Å². The summed E-state index contributed by atoms with van der Waals surface area (Å²) >= 11 is 1.24. The number of thiophene rings is 1. The standard InChI is InChI=1S/C13H15N3O3S/c1-6-2-3-15-12-9(6)10(14)11(20-12)13(19)16-4-7(17)8(18)5-16/h2-3,7-8,17-18H,4-5,14H2,1H3. The highest BCUT2D eigenvalue weighted by atomic mass is 32.1. The number of nitrogens with zero attached hydrogens (tertiary/aromatic N) is 2. The Bertz CT molecular complexity index is 675. The second-order valence-electron chi connectivity index (χ2n) is 5.00. The average molecular weight is 293 g/mol. The second-order valence-corrected chi connectivity index (χ2v) is 6.00. The number of aliphatic hydroxyl groups excluding tert-OH is 2. The summed E-state index contributed by atoms with van der Waals surface area (Å²) < 4.78 is 0.